The summed E-state index contributed by atoms with van der Waals surface area (Å²) in [4.78, 5) is 33.5. The second kappa shape index (κ2) is 6.51. The molecule has 0 rings (SSSR count). The largest absolute Gasteiger partial charge is 0.479 e. The molecule has 1 unspecified atom stereocenters. The van der Waals surface area contributed by atoms with Gasteiger partial charge in [0.2, 0.25) is 11.8 Å². The van der Waals surface area contributed by atoms with Crippen LogP contribution in [-0.4, -0.2) is 46.7 Å². The molecule has 2 amide bonds. The maximum absolute atomic E-state index is 11.5. The van der Waals surface area contributed by atoms with E-state index in [0.717, 1.165) is 6.92 Å². The highest BCUT2D eigenvalue weighted by Crippen LogP contribution is 2.12. The number of carbonyl (C=O) groups is 3. The molecular formula is C12H22N2O5. The lowest BCUT2D eigenvalue weighted by atomic mass is 9.96. The quantitative estimate of drug-likeness (QED) is 0.520. The summed E-state index contributed by atoms with van der Waals surface area (Å²) in [7, 11) is 0. The van der Waals surface area contributed by atoms with Gasteiger partial charge in [0.1, 0.15) is 0 Å². The van der Waals surface area contributed by atoms with E-state index in [4.69, 9.17) is 5.11 Å². The molecule has 0 aliphatic heterocycles. The topological polar surface area (TPSA) is 116 Å². The van der Waals surface area contributed by atoms with Gasteiger partial charge in [-0.1, -0.05) is 20.8 Å². The highest BCUT2D eigenvalue weighted by atomic mass is 16.4. The SMILES string of the molecule is CC(C)(C)C(=O)NCCC(=O)NCC(C)(O)C(=O)O. The molecule has 7 heteroatoms. The van der Waals surface area contributed by atoms with E-state index in [9.17, 15) is 19.5 Å². The Morgan fingerprint density at radius 2 is 1.58 bits per heavy atom. The molecule has 110 valence electrons. The van der Waals surface area contributed by atoms with Gasteiger partial charge in [0.15, 0.2) is 5.60 Å². The number of rotatable bonds is 6. The first-order valence-electron chi connectivity index (χ1n) is 5.97. The van der Waals surface area contributed by atoms with Crippen molar-refractivity contribution in [3.63, 3.8) is 0 Å². The van der Waals surface area contributed by atoms with Gasteiger partial charge in [-0.3, -0.25) is 9.59 Å². The molecule has 7 nitrogen and oxygen atoms in total. The third kappa shape index (κ3) is 6.76. The van der Waals surface area contributed by atoms with Crippen LogP contribution in [0.4, 0.5) is 0 Å². The van der Waals surface area contributed by atoms with Crippen LogP contribution in [0.2, 0.25) is 0 Å². The van der Waals surface area contributed by atoms with Crippen molar-refractivity contribution >= 4 is 17.8 Å². The third-order valence-electron chi connectivity index (χ3n) is 2.41. The Hall–Kier alpha value is -1.63. The lowest BCUT2D eigenvalue weighted by molar-refractivity contribution is -0.156. The second-order valence-corrected chi connectivity index (χ2v) is 5.61. The fourth-order valence-corrected chi connectivity index (χ4v) is 0.989. The van der Waals surface area contributed by atoms with Gasteiger partial charge in [-0.15, -0.1) is 0 Å². The van der Waals surface area contributed by atoms with E-state index in [1.807, 2.05) is 0 Å². The molecule has 0 spiro atoms. The monoisotopic (exact) mass is 274 g/mol. The number of hydrogen-bond donors (Lipinski definition) is 4. The van der Waals surface area contributed by atoms with Crippen LogP contribution in [0.3, 0.4) is 0 Å². The lowest BCUT2D eigenvalue weighted by Crippen LogP contribution is -2.47. The summed E-state index contributed by atoms with van der Waals surface area (Å²) in [5.41, 5.74) is -2.52. The van der Waals surface area contributed by atoms with Gasteiger partial charge < -0.3 is 20.8 Å². The van der Waals surface area contributed by atoms with Crippen molar-refractivity contribution in [2.24, 2.45) is 5.41 Å². The van der Waals surface area contributed by atoms with Crippen LogP contribution < -0.4 is 10.6 Å². The smallest absolute Gasteiger partial charge is 0.337 e. The van der Waals surface area contributed by atoms with Gasteiger partial charge in [0, 0.05) is 18.4 Å². The average molecular weight is 274 g/mol. The van der Waals surface area contributed by atoms with E-state index in [1.165, 1.54) is 0 Å². The van der Waals surface area contributed by atoms with Gasteiger partial charge in [0.25, 0.3) is 0 Å². The van der Waals surface area contributed by atoms with E-state index in [0.29, 0.717) is 0 Å². The van der Waals surface area contributed by atoms with Crippen LogP contribution in [-0.2, 0) is 14.4 Å². The van der Waals surface area contributed by atoms with Gasteiger partial charge in [-0.05, 0) is 6.92 Å². The summed E-state index contributed by atoms with van der Waals surface area (Å²) in [5, 5.41) is 22.9. The number of carboxylic acid groups (broad SMARTS) is 1. The van der Waals surface area contributed by atoms with Crippen LogP contribution >= 0.6 is 0 Å². The standard InChI is InChI=1S/C12H22N2O5/c1-11(2,3)9(16)13-6-5-8(15)14-7-12(4,19)10(17)18/h19H,5-7H2,1-4H3,(H,13,16)(H,14,15)(H,17,18). The zero-order valence-electron chi connectivity index (χ0n) is 11.7. The maximum Gasteiger partial charge on any atom is 0.337 e. The Balaban J connectivity index is 3.96. The molecule has 0 bridgehead atoms. The molecule has 0 radical (unpaired) electrons. The van der Waals surface area contributed by atoms with Gasteiger partial charge in [-0.2, -0.15) is 0 Å². The van der Waals surface area contributed by atoms with Crippen LogP contribution in [0.25, 0.3) is 0 Å². The van der Waals surface area contributed by atoms with E-state index >= 15 is 0 Å². The van der Waals surface area contributed by atoms with Crippen molar-refractivity contribution in [1.82, 2.24) is 10.6 Å². The van der Waals surface area contributed by atoms with Crippen LogP contribution in [0, 0.1) is 5.41 Å². The molecule has 0 aromatic rings. The highest BCUT2D eigenvalue weighted by molar-refractivity contribution is 5.83. The zero-order chi connectivity index (χ0) is 15.3. The summed E-state index contributed by atoms with van der Waals surface area (Å²) in [6, 6.07) is 0. The second-order valence-electron chi connectivity index (χ2n) is 5.61. The summed E-state index contributed by atoms with van der Waals surface area (Å²) in [6.07, 6.45) is 0.0253. The Labute approximate surface area is 112 Å². The molecule has 19 heavy (non-hydrogen) atoms. The van der Waals surface area contributed by atoms with Crippen molar-refractivity contribution in [2.75, 3.05) is 13.1 Å². The Morgan fingerprint density at radius 1 is 1.05 bits per heavy atom. The number of amides is 2. The first-order chi connectivity index (χ1) is 8.47. The highest BCUT2D eigenvalue weighted by Gasteiger charge is 2.30. The van der Waals surface area contributed by atoms with Gasteiger partial charge in [0.05, 0.1) is 6.54 Å². The summed E-state index contributed by atoms with van der Waals surface area (Å²) >= 11 is 0. The van der Waals surface area contributed by atoms with Crippen LogP contribution in [0.15, 0.2) is 0 Å². The molecule has 0 aromatic carbocycles. The molecule has 0 heterocycles. The fraction of sp³-hybridized carbons (Fsp3) is 0.750. The molecular weight excluding hydrogens is 252 g/mol. The van der Waals surface area contributed by atoms with Crippen molar-refractivity contribution < 1.29 is 24.6 Å². The lowest BCUT2D eigenvalue weighted by Gasteiger charge is -2.19. The van der Waals surface area contributed by atoms with Crippen molar-refractivity contribution in [3.8, 4) is 0 Å². The molecule has 0 aromatic heterocycles. The van der Waals surface area contributed by atoms with E-state index in [2.05, 4.69) is 10.6 Å². The van der Waals surface area contributed by atoms with Crippen LogP contribution in [0.5, 0.6) is 0 Å². The molecule has 4 N–H and O–H groups in total. The minimum atomic E-state index is -2.00. The molecule has 1 atom stereocenters. The Bertz CT molecular complexity index is 358. The normalized spacial score (nSPS) is 14.4. The first kappa shape index (κ1) is 17.4. The predicted octanol–water partition coefficient (Wildman–Crippen LogP) is -0.509. The average Bonchev–Trinajstić information content (AvgIpc) is 2.24. The number of nitrogens with one attached hydrogen (secondary N) is 2. The number of carboxylic acids is 1. The summed E-state index contributed by atoms with van der Waals surface area (Å²) < 4.78 is 0. The Morgan fingerprint density at radius 3 is 2.00 bits per heavy atom. The van der Waals surface area contributed by atoms with Crippen molar-refractivity contribution in [1.29, 1.82) is 0 Å². The van der Waals surface area contributed by atoms with E-state index in [-0.39, 0.29) is 25.4 Å². The number of aliphatic carboxylic acids is 1. The molecule has 0 saturated heterocycles. The van der Waals surface area contributed by atoms with E-state index < -0.39 is 22.9 Å². The van der Waals surface area contributed by atoms with Crippen LogP contribution in [0.1, 0.15) is 34.1 Å². The van der Waals surface area contributed by atoms with Gasteiger partial charge >= 0.3 is 5.97 Å². The molecule has 0 aliphatic carbocycles. The Kier molecular flexibility index (Phi) is 5.95. The van der Waals surface area contributed by atoms with E-state index in [1.54, 1.807) is 20.8 Å². The first-order valence-corrected chi connectivity index (χ1v) is 5.97. The van der Waals surface area contributed by atoms with Crippen molar-refractivity contribution in [3.05, 3.63) is 0 Å². The molecule has 0 aliphatic rings. The minimum Gasteiger partial charge on any atom is -0.479 e. The minimum absolute atomic E-state index is 0.0253. The predicted molar refractivity (Wildman–Crippen MR) is 68.4 cm³/mol. The summed E-state index contributed by atoms with van der Waals surface area (Å²) in [6.45, 7) is 6.15. The van der Waals surface area contributed by atoms with Crippen molar-refractivity contribution in [2.45, 2.75) is 39.7 Å². The number of aliphatic hydroxyl groups is 1. The number of carbonyl (C=O) groups excluding carboxylic acids is 2. The molecule has 0 saturated carbocycles. The molecule has 0 fully saturated rings. The zero-order valence-corrected chi connectivity index (χ0v) is 11.7. The summed E-state index contributed by atoms with van der Waals surface area (Å²) in [5.74, 6) is -2.01. The maximum atomic E-state index is 11.5. The fourth-order valence-electron chi connectivity index (χ4n) is 0.989. The van der Waals surface area contributed by atoms with Gasteiger partial charge in [-0.25, -0.2) is 4.79 Å². The number of hydrogen-bond acceptors (Lipinski definition) is 4. The third-order valence-corrected chi connectivity index (χ3v) is 2.41.